The number of rotatable bonds is 5. The third kappa shape index (κ3) is 4.47. The zero-order valence-electron chi connectivity index (χ0n) is 10.8. The van der Waals surface area contributed by atoms with Crippen LogP contribution in [0.5, 0.6) is 5.75 Å². The van der Waals surface area contributed by atoms with E-state index >= 15 is 0 Å². The lowest BCUT2D eigenvalue weighted by atomic mass is 10.0. The average Bonchev–Trinajstić information content (AvgIpc) is 2.42. The first kappa shape index (κ1) is 15.9. The van der Waals surface area contributed by atoms with Crippen LogP contribution in [-0.2, 0) is 6.42 Å². The van der Waals surface area contributed by atoms with Gasteiger partial charge in [-0.05, 0) is 35.4 Å². The Hall–Kier alpha value is -1.53. The molecule has 0 aromatic heterocycles. The van der Waals surface area contributed by atoms with E-state index in [1.54, 1.807) is 12.1 Å². The number of halogens is 4. The molecule has 6 heteroatoms. The maximum Gasteiger partial charge on any atom is 0.387 e. The standard InChI is InChI=1S/C15H12BrF3O2/c16-11-4-1-10(13(17)8-11)7-14(20)9-2-5-12(6-3-9)21-15(18)19/h1-6,8,14-15,20H,7H2. The van der Waals surface area contributed by atoms with Gasteiger partial charge in [0.25, 0.3) is 0 Å². The summed E-state index contributed by atoms with van der Waals surface area (Å²) in [7, 11) is 0. The van der Waals surface area contributed by atoms with E-state index in [4.69, 9.17) is 0 Å². The van der Waals surface area contributed by atoms with Crippen LogP contribution >= 0.6 is 15.9 Å². The Morgan fingerprint density at radius 3 is 2.33 bits per heavy atom. The zero-order chi connectivity index (χ0) is 15.4. The summed E-state index contributed by atoms with van der Waals surface area (Å²) in [4.78, 5) is 0. The molecular weight excluding hydrogens is 349 g/mol. The van der Waals surface area contributed by atoms with Gasteiger partial charge >= 0.3 is 6.61 Å². The first-order valence-corrected chi connectivity index (χ1v) is 6.92. The van der Waals surface area contributed by atoms with E-state index in [1.807, 2.05) is 0 Å². The lowest BCUT2D eigenvalue weighted by molar-refractivity contribution is -0.0498. The second-order valence-electron chi connectivity index (χ2n) is 4.40. The normalized spacial score (nSPS) is 12.5. The van der Waals surface area contributed by atoms with Gasteiger partial charge in [-0.3, -0.25) is 0 Å². The summed E-state index contributed by atoms with van der Waals surface area (Å²) in [5.41, 5.74) is 0.873. The summed E-state index contributed by atoms with van der Waals surface area (Å²) < 4.78 is 42.6. The maximum absolute atomic E-state index is 13.7. The summed E-state index contributed by atoms with van der Waals surface area (Å²) in [5, 5.41) is 10.1. The highest BCUT2D eigenvalue weighted by atomic mass is 79.9. The molecule has 0 amide bonds. The molecule has 112 valence electrons. The van der Waals surface area contributed by atoms with E-state index in [0.29, 0.717) is 15.6 Å². The third-order valence-electron chi connectivity index (χ3n) is 2.92. The van der Waals surface area contributed by atoms with Crippen molar-refractivity contribution >= 4 is 15.9 Å². The molecule has 0 saturated heterocycles. The van der Waals surface area contributed by atoms with Crippen LogP contribution in [0.3, 0.4) is 0 Å². The number of aliphatic hydroxyl groups excluding tert-OH is 1. The first-order valence-electron chi connectivity index (χ1n) is 6.12. The van der Waals surface area contributed by atoms with Gasteiger partial charge in [0, 0.05) is 10.9 Å². The largest absolute Gasteiger partial charge is 0.435 e. The van der Waals surface area contributed by atoms with Gasteiger partial charge in [-0.2, -0.15) is 8.78 Å². The van der Waals surface area contributed by atoms with E-state index in [2.05, 4.69) is 20.7 Å². The van der Waals surface area contributed by atoms with Crippen LogP contribution in [-0.4, -0.2) is 11.7 Å². The van der Waals surface area contributed by atoms with Gasteiger partial charge in [0.2, 0.25) is 0 Å². The van der Waals surface area contributed by atoms with Crippen molar-refractivity contribution in [2.75, 3.05) is 0 Å². The van der Waals surface area contributed by atoms with E-state index in [1.165, 1.54) is 30.3 Å². The minimum absolute atomic E-state index is 0.00997. The molecule has 1 unspecified atom stereocenters. The van der Waals surface area contributed by atoms with Gasteiger partial charge in [0.15, 0.2) is 0 Å². The Balaban J connectivity index is 2.07. The van der Waals surface area contributed by atoms with Gasteiger partial charge in [-0.25, -0.2) is 4.39 Å². The smallest absolute Gasteiger partial charge is 0.387 e. The molecule has 0 aliphatic heterocycles. The van der Waals surface area contributed by atoms with Crippen molar-refractivity contribution in [3.8, 4) is 5.75 Å². The van der Waals surface area contributed by atoms with E-state index in [9.17, 15) is 18.3 Å². The Bertz CT molecular complexity index is 602. The molecule has 1 N–H and O–H groups in total. The average molecular weight is 361 g/mol. The fourth-order valence-corrected chi connectivity index (χ4v) is 2.22. The van der Waals surface area contributed by atoms with Crippen molar-refractivity contribution < 1.29 is 23.0 Å². The maximum atomic E-state index is 13.7. The van der Waals surface area contributed by atoms with Crippen LogP contribution < -0.4 is 4.74 Å². The summed E-state index contributed by atoms with van der Waals surface area (Å²) in [6, 6.07) is 10.2. The van der Waals surface area contributed by atoms with Gasteiger partial charge in [0.1, 0.15) is 11.6 Å². The SMILES string of the molecule is OC(Cc1ccc(Br)cc1F)c1ccc(OC(F)F)cc1. The van der Waals surface area contributed by atoms with Crippen molar-refractivity contribution in [2.24, 2.45) is 0 Å². The summed E-state index contributed by atoms with van der Waals surface area (Å²) in [6.45, 7) is -2.89. The first-order chi connectivity index (χ1) is 9.95. The molecule has 0 aliphatic carbocycles. The predicted molar refractivity (Wildman–Crippen MR) is 75.8 cm³/mol. The molecular formula is C15H12BrF3O2. The van der Waals surface area contributed by atoms with Crippen molar-refractivity contribution in [1.29, 1.82) is 0 Å². The van der Waals surface area contributed by atoms with Crippen LogP contribution in [0.25, 0.3) is 0 Å². The van der Waals surface area contributed by atoms with Crippen LogP contribution in [0, 0.1) is 5.82 Å². The molecule has 1 atom stereocenters. The fourth-order valence-electron chi connectivity index (χ4n) is 1.88. The topological polar surface area (TPSA) is 29.5 Å². The molecule has 0 fully saturated rings. The Morgan fingerprint density at radius 2 is 1.76 bits per heavy atom. The molecule has 0 heterocycles. The Kier molecular flexibility index (Phi) is 5.25. The highest BCUT2D eigenvalue weighted by Gasteiger charge is 2.13. The minimum atomic E-state index is -2.89. The van der Waals surface area contributed by atoms with E-state index in [0.717, 1.165) is 0 Å². The molecule has 2 aromatic carbocycles. The molecule has 2 rings (SSSR count). The number of benzene rings is 2. The third-order valence-corrected chi connectivity index (χ3v) is 3.41. The lowest BCUT2D eigenvalue weighted by Gasteiger charge is -2.13. The van der Waals surface area contributed by atoms with E-state index < -0.39 is 18.5 Å². The molecule has 21 heavy (non-hydrogen) atoms. The second kappa shape index (κ2) is 6.95. The number of ether oxygens (including phenoxy) is 1. The lowest BCUT2D eigenvalue weighted by Crippen LogP contribution is -2.05. The number of aliphatic hydroxyl groups is 1. The molecule has 0 radical (unpaired) electrons. The number of alkyl halides is 2. The molecule has 2 aromatic rings. The highest BCUT2D eigenvalue weighted by Crippen LogP contribution is 2.24. The van der Waals surface area contributed by atoms with Crippen molar-refractivity contribution in [3.05, 3.63) is 63.9 Å². The van der Waals surface area contributed by atoms with Gasteiger partial charge in [-0.15, -0.1) is 0 Å². The molecule has 0 saturated carbocycles. The zero-order valence-corrected chi connectivity index (χ0v) is 12.4. The second-order valence-corrected chi connectivity index (χ2v) is 5.32. The van der Waals surface area contributed by atoms with Crippen molar-refractivity contribution in [1.82, 2.24) is 0 Å². The van der Waals surface area contributed by atoms with Crippen LogP contribution in [0.2, 0.25) is 0 Å². The van der Waals surface area contributed by atoms with Crippen LogP contribution in [0.15, 0.2) is 46.9 Å². The highest BCUT2D eigenvalue weighted by molar-refractivity contribution is 9.10. The molecule has 0 aliphatic rings. The number of hydrogen-bond donors (Lipinski definition) is 1. The number of hydrogen-bond acceptors (Lipinski definition) is 2. The monoisotopic (exact) mass is 360 g/mol. The van der Waals surface area contributed by atoms with Gasteiger partial charge in [0.05, 0.1) is 6.10 Å². The van der Waals surface area contributed by atoms with Gasteiger partial charge in [-0.1, -0.05) is 34.1 Å². The fraction of sp³-hybridized carbons (Fsp3) is 0.200. The molecule has 2 nitrogen and oxygen atoms in total. The Morgan fingerprint density at radius 1 is 1.10 bits per heavy atom. The van der Waals surface area contributed by atoms with Crippen molar-refractivity contribution in [2.45, 2.75) is 19.1 Å². The van der Waals surface area contributed by atoms with Crippen LogP contribution in [0.1, 0.15) is 17.2 Å². The quantitative estimate of drug-likeness (QED) is 0.852. The predicted octanol–water partition coefficient (Wildman–Crippen LogP) is 4.47. The summed E-state index contributed by atoms with van der Waals surface area (Å²) in [5.74, 6) is -0.406. The van der Waals surface area contributed by atoms with Gasteiger partial charge < -0.3 is 9.84 Å². The molecule has 0 bridgehead atoms. The van der Waals surface area contributed by atoms with Crippen molar-refractivity contribution in [3.63, 3.8) is 0 Å². The Labute approximate surface area is 128 Å². The molecule has 0 spiro atoms. The van der Waals surface area contributed by atoms with E-state index in [-0.39, 0.29) is 12.2 Å². The van der Waals surface area contributed by atoms with Crippen LogP contribution in [0.4, 0.5) is 13.2 Å². The minimum Gasteiger partial charge on any atom is -0.435 e. The summed E-state index contributed by atoms with van der Waals surface area (Å²) >= 11 is 3.16. The summed E-state index contributed by atoms with van der Waals surface area (Å²) in [6.07, 6.45) is -0.838.